The molecular weight excluding hydrogens is 296 g/mol. The van der Waals surface area contributed by atoms with Crippen molar-refractivity contribution in [3.05, 3.63) is 35.4 Å². The largest absolute Gasteiger partial charge is 0.350 e. The van der Waals surface area contributed by atoms with E-state index in [1.165, 1.54) is 24.8 Å². The molecule has 1 fully saturated rings. The summed E-state index contributed by atoms with van der Waals surface area (Å²) in [7, 11) is 0. The highest BCUT2D eigenvalue weighted by molar-refractivity contribution is 5.85. The molecule has 22 heavy (non-hydrogen) atoms. The van der Waals surface area contributed by atoms with Crippen LogP contribution in [0.5, 0.6) is 0 Å². The Morgan fingerprint density at radius 3 is 2.36 bits per heavy atom. The number of amides is 1. The quantitative estimate of drug-likeness (QED) is 0.863. The van der Waals surface area contributed by atoms with Crippen LogP contribution in [-0.2, 0) is 4.79 Å². The van der Waals surface area contributed by atoms with Crippen molar-refractivity contribution >= 4 is 18.3 Å². The summed E-state index contributed by atoms with van der Waals surface area (Å²) in [6.07, 6.45) is 6.45. The van der Waals surface area contributed by atoms with Gasteiger partial charge in [0.15, 0.2) is 0 Å². The highest BCUT2D eigenvalue weighted by Gasteiger charge is 2.33. The lowest BCUT2D eigenvalue weighted by molar-refractivity contribution is -0.124. The molecule has 2 rings (SSSR count). The molecule has 1 amide bonds. The third kappa shape index (κ3) is 4.99. The molecule has 0 aromatic heterocycles. The van der Waals surface area contributed by atoms with Crippen LogP contribution in [0.4, 0.5) is 0 Å². The Balaban J connectivity index is 0.00000242. The Morgan fingerprint density at radius 1 is 1.23 bits per heavy atom. The minimum Gasteiger partial charge on any atom is -0.350 e. The monoisotopic (exact) mass is 324 g/mol. The highest BCUT2D eigenvalue weighted by atomic mass is 35.5. The van der Waals surface area contributed by atoms with E-state index in [2.05, 4.69) is 36.5 Å². The second-order valence-corrected chi connectivity index (χ2v) is 6.64. The van der Waals surface area contributed by atoms with Crippen molar-refractivity contribution in [3.63, 3.8) is 0 Å². The molecule has 0 heterocycles. The second-order valence-electron chi connectivity index (χ2n) is 6.64. The second kappa shape index (κ2) is 8.54. The van der Waals surface area contributed by atoms with Crippen molar-refractivity contribution in [1.29, 1.82) is 0 Å². The van der Waals surface area contributed by atoms with Gasteiger partial charge in [-0.2, -0.15) is 0 Å². The molecule has 0 radical (unpaired) electrons. The fourth-order valence-electron chi connectivity index (χ4n) is 3.33. The standard InChI is InChI=1S/C18H28N2O.ClH/c1-14-6-8-16(9-7-14)15(2)20-17(21)12-18(13-19)10-4-3-5-11-18;/h6-9,15H,3-5,10-13,19H2,1-2H3,(H,20,21);1H. The van der Waals surface area contributed by atoms with Crippen LogP contribution in [0.25, 0.3) is 0 Å². The number of hydrogen-bond donors (Lipinski definition) is 2. The van der Waals surface area contributed by atoms with Crippen molar-refractivity contribution in [2.75, 3.05) is 6.54 Å². The van der Waals surface area contributed by atoms with Gasteiger partial charge in [-0.05, 0) is 44.2 Å². The number of nitrogens with one attached hydrogen (secondary N) is 1. The predicted molar refractivity (Wildman–Crippen MR) is 94.2 cm³/mol. The zero-order valence-electron chi connectivity index (χ0n) is 13.7. The number of aryl methyl sites for hydroxylation is 1. The summed E-state index contributed by atoms with van der Waals surface area (Å²) in [6.45, 7) is 4.74. The summed E-state index contributed by atoms with van der Waals surface area (Å²) in [5.74, 6) is 0.135. The molecule has 1 saturated carbocycles. The van der Waals surface area contributed by atoms with Crippen LogP contribution in [0, 0.1) is 12.3 Å². The molecule has 1 atom stereocenters. The topological polar surface area (TPSA) is 55.1 Å². The molecule has 124 valence electrons. The van der Waals surface area contributed by atoms with Gasteiger partial charge < -0.3 is 11.1 Å². The summed E-state index contributed by atoms with van der Waals surface area (Å²) in [4.78, 5) is 12.4. The highest BCUT2D eigenvalue weighted by Crippen LogP contribution is 2.38. The van der Waals surface area contributed by atoms with E-state index in [9.17, 15) is 4.79 Å². The minimum absolute atomic E-state index is 0. The molecule has 1 aromatic rings. The maximum absolute atomic E-state index is 12.4. The Hall–Kier alpha value is -1.06. The Labute approximate surface area is 140 Å². The van der Waals surface area contributed by atoms with Gasteiger partial charge in [-0.1, -0.05) is 49.1 Å². The molecule has 1 unspecified atom stereocenters. The van der Waals surface area contributed by atoms with Crippen molar-refractivity contribution in [3.8, 4) is 0 Å². The zero-order valence-corrected chi connectivity index (χ0v) is 14.5. The van der Waals surface area contributed by atoms with Crippen LogP contribution in [-0.4, -0.2) is 12.5 Å². The van der Waals surface area contributed by atoms with Gasteiger partial charge in [-0.3, -0.25) is 4.79 Å². The van der Waals surface area contributed by atoms with Gasteiger partial charge in [-0.25, -0.2) is 0 Å². The zero-order chi connectivity index (χ0) is 15.3. The molecule has 1 aliphatic carbocycles. The summed E-state index contributed by atoms with van der Waals surface area (Å²) in [6, 6.07) is 8.39. The number of nitrogens with two attached hydrogens (primary N) is 1. The van der Waals surface area contributed by atoms with Gasteiger partial charge in [0, 0.05) is 6.42 Å². The third-order valence-corrected chi connectivity index (χ3v) is 4.84. The smallest absolute Gasteiger partial charge is 0.221 e. The molecule has 0 aliphatic heterocycles. The number of carbonyl (C=O) groups excluding carboxylic acids is 1. The first kappa shape index (κ1) is 19.0. The van der Waals surface area contributed by atoms with E-state index >= 15 is 0 Å². The van der Waals surface area contributed by atoms with E-state index in [4.69, 9.17) is 5.73 Å². The Bertz CT molecular complexity index is 466. The Morgan fingerprint density at radius 2 is 1.82 bits per heavy atom. The lowest BCUT2D eigenvalue weighted by Crippen LogP contribution is -2.39. The normalized spacial score (nSPS) is 18.1. The summed E-state index contributed by atoms with van der Waals surface area (Å²) >= 11 is 0. The van der Waals surface area contributed by atoms with Crippen LogP contribution < -0.4 is 11.1 Å². The number of benzene rings is 1. The third-order valence-electron chi connectivity index (χ3n) is 4.84. The molecule has 3 nitrogen and oxygen atoms in total. The molecule has 3 N–H and O–H groups in total. The maximum atomic E-state index is 12.4. The van der Waals surface area contributed by atoms with Crippen molar-refractivity contribution in [2.45, 2.75) is 58.4 Å². The lowest BCUT2D eigenvalue weighted by Gasteiger charge is -2.36. The van der Waals surface area contributed by atoms with Gasteiger partial charge >= 0.3 is 0 Å². The number of rotatable bonds is 5. The predicted octanol–water partition coefficient (Wildman–Crippen LogP) is 3.89. The first-order valence-electron chi connectivity index (χ1n) is 8.11. The molecule has 0 bridgehead atoms. The van der Waals surface area contributed by atoms with E-state index in [1.807, 2.05) is 6.92 Å². The Kier molecular flexibility index (Phi) is 7.37. The van der Waals surface area contributed by atoms with E-state index in [-0.39, 0.29) is 29.8 Å². The van der Waals surface area contributed by atoms with E-state index in [0.29, 0.717) is 13.0 Å². The molecule has 1 aliphatic rings. The van der Waals surface area contributed by atoms with Crippen LogP contribution in [0.15, 0.2) is 24.3 Å². The molecule has 4 heteroatoms. The van der Waals surface area contributed by atoms with Gasteiger partial charge in [-0.15, -0.1) is 12.4 Å². The van der Waals surface area contributed by atoms with Crippen LogP contribution in [0.3, 0.4) is 0 Å². The van der Waals surface area contributed by atoms with Gasteiger partial charge in [0.05, 0.1) is 6.04 Å². The summed E-state index contributed by atoms with van der Waals surface area (Å²) in [5.41, 5.74) is 8.39. The average molecular weight is 325 g/mol. The molecule has 0 spiro atoms. The fourth-order valence-corrected chi connectivity index (χ4v) is 3.33. The lowest BCUT2D eigenvalue weighted by atomic mass is 9.71. The average Bonchev–Trinajstić information content (AvgIpc) is 2.48. The van der Waals surface area contributed by atoms with Crippen molar-refractivity contribution in [2.24, 2.45) is 11.1 Å². The summed E-state index contributed by atoms with van der Waals surface area (Å²) in [5, 5.41) is 3.13. The minimum atomic E-state index is 0. The van der Waals surface area contributed by atoms with Gasteiger partial charge in [0.2, 0.25) is 5.91 Å². The summed E-state index contributed by atoms with van der Waals surface area (Å²) < 4.78 is 0. The van der Waals surface area contributed by atoms with E-state index in [1.54, 1.807) is 0 Å². The SMILES string of the molecule is Cc1ccc(C(C)NC(=O)CC2(CN)CCCCC2)cc1.Cl. The molecule has 1 aromatic carbocycles. The fraction of sp³-hybridized carbons (Fsp3) is 0.611. The number of carbonyl (C=O) groups is 1. The maximum Gasteiger partial charge on any atom is 0.221 e. The van der Waals surface area contributed by atoms with Crippen molar-refractivity contribution in [1.82, 2.24) is 5.32 Å². The van der Waals surface area contributed by atoms with Crippen LogP contribution in [0.2, 0.25) is 0 Å². The van der Waals surface area contributed by atoms with Crippen LogP contribution >= 0.6 is 12.4 Å². The first-order chi connectivity index (χ1) is 10.0. The molecular formula is C18H29ClN2O. The van der Waals surface area contributed by atoms with Crippen LogP contribution in [0.1, 0.15) is 62.6 Å². The first-order valence-corrected chi connectivity index (χ1v) is 8.11. The van der Waals surface area contributed by atoms with Crippen molar-refractivity contribution < 1.29 is 4.79 Å². The molecule has 0 saturated heterocycles. The van der Waals surface area contributed by atoms with E-state index in [0.717, 1.165) is 18.4 Å². The van der Waals surface area contributed by atoms with E-state index < -0.39 is 0 Å². The van der Waals surface area contributed by atoms with Gasteiger partial charge in [0.1, 0.15) is 0 Å². The number of halogens is 1. The number of hydrogen-bond acceptors (Lipinski definition) is 2. The van der Waals surface area contributed by atoms with Gasteiger partial charge in [0.25, 0.3) is 0 Å².